The molecule has 5 heteroatoms. The number of halogens is 1. The summed E-state index contributed by atoms with van der Waals surface area (Å²) in [6.07, 6.45) is 0.977. The number of amides is 1. The van der Waals surface area contributed by atoms with Crippen LogP contribution in [0.4, 0.5) is 4.39 Å². The van der Waals surface area contributed by atoms with Crippen LogP contribution in [0.25, 0.3) is 0 Å². The van der Waals surface area contributed by atoms with E-state index in [-0.39, 0.29) is 23.0 Å². The van der Waals surface area contributed by atoms with Crippen molar-refractivity contribution in [3.63, 3.8) is 0 Å². The summed E-state index contributed by atoms with van der Waals surface area (Å²) in [5.74, 6) is -0.180. The summed E-state index contributed by atoms with van der Waals surface area (Å²) in [4.78, 5) is 15.8. The van der Waals surface area contributed by atoms with Gasteiger partial charge in [0.05, 0.1) is 0 Å². The van der Waals surface area contributed by atoms with Gasteiger partial charge in [0, 0.05) is 24.5 Å². The first-order chi connectivity index (χ1) is 11.6. The highest BCUT2D eigenvalue weighted by molar-refractivity contribution is 8.00. The van der Waals surface area contributed by atoms with Crippen LogP contribution in [0, 0.1) is 5.82 Å². The maximum atomic E-state index is 13.1. The molecular weight excluding hydrogens is 323 g/mol. The van der Waals surface area contributed by atoms with Gasteiger partial charge in [-0.3, -0.25) is 4.79 Å². The first-order valence-electron chi connectivity index (χ1n) is 8.09. The Labute approximate surface area is 146 Å². The van der Waals surface area contributed by atoms with E-state index in [1.54, 1.807) is 12.1 Å². The molecule has 24 heavy (non-hydrogen) atoms. The summed E-state index contributed by atoms with van der Waals surface area (Å²) < 4.78 is 13.1. The van der Waals surface area contributed by atoms with Gasteiger partial charge in [0.1, 0.15) is 11.1 Å². The van der Waals surface area contributed by atoms with E-state index in [1.807, 2.05) is 42.3 Å². The maximum Gasteiger partial charge on any atom is 0.240 e. The topological polar surface area (TPSA) is 32.3 Å². The average molecular weight is 344 g/mol. The van der Waals surface area contributed by atoms with Crippen molar-refractivity contribution in [2.45, 2.75) is 22.6 Å². The Morgan fingerprint density at radius 3 is 2.54 bits per heavy atom. The molecule has 0 saturated carbocycles. The van der Waals surface area contributed by atoms with E-state index in [4.69, 9.17) is 0 Å². The number of rotatable bonds is 5. The van der Waals surface area contributed by atoms with Crippen LogP contribution in [0.15, 0.2) is 59.5 Å². The lowest BCUT2D eigenvalue weighted by Gasteiger charge is -2.28. The minimum Gasteiger partial charge on any atom is -0.340 e. The molecule has 0 bridgehead atoms. The number of carbonyl (C=O) groups excluding carboxylic acids is 1. The molecule has 0 aliphatic carbocycles. The number of hydrogen-bond acceptors (Lipinski definition) is 3. The summed E-state index contributed by atoms with van der Waals surface area (Å²) in [6, 6.07) is 16.3. The fourth-order valence-corrected chi connectivity index (χ4v) is 4.00. The molecule has 1 heterocycles. The highest BCUT2D eigenvalue weighted by Gasteiger charge is 2.30. The van der Waals surface area contributed by atoms with Crippen LogP contribution in [0.2, 0.25) is 0 Å². The fraction of sp³-hybridized carbons (Fsp3) is 0.316. The number of hydrogen-bond donors (Lipinski definition) is 1. The smallest absolute Gasteiger partial charge is 0.240 e. The Bertz CT molecular complexity index is 672. The van der Waals surface area contributed by atoms with Gasteiger partial charge in [0.2, 0.25) is 5.91 Å². The summed E-state index contributed by atoms with van der Waals surface area (Å²) >= 11 is 1.47. The molecule has 2 aromatic rings. The van der Waals surface area contributed by atoms with Crippen LogP contribution in [0.3, 0.4) is 0 Å². The van der Waals surface area contributed by atoms with Gasteiger partial charge < -0.3 is 10.2 Å². The monoisotopic (exact) mass is 344 g/mol. The third kappa shape index (κ3) is 3.97. The summed E-state index contributed by atoms with van der Waals surface area (Å²) in [5.41, 5.74) is 0.967. The summed E-state index contributed by atoms with van der Waals surface area (Å²) in [5, 5.41) is 2.97. The predicted molar refractivity (Wildman–Crippen MR) is 95.5 cm³/mol. The molecule has 1 saturated heterocycles. The van der Waals surface area contributed by atoms with E-state index in [9.17, 15) is 9.18 Å². The minimum atomic E-state index is -0.331. The van der Waals surface area contributed by atoms with E-state index in [2.05, 4.69) is 5.32 Å². The molecule has 1 fully saturated rings. The van der Waals surface area contributed by atoms with Gasteiger partial charge in [-0.25, -0.2) is 4.39 Å². The minimum absolute atomic E-state index is 0.0872. The lowest BCUT2D eigenvalue weighted by molar-refractivity contribution is -0.131. The normalized spacial score (nSPS) is 18.3. The van der Waals surface area contributed by atoms with Crippen molar-refractivity contribution in [1.82, 2.24) is 10.2 Å². The highest BCUT2D eigenvalue weighted by Crippen LogP contribution is 2.37. The second-order valence-electron chi connectivity index (χ2n) is 5.96. The Morgan fingerprint density at radius 2 is 1.92 bits per heavy atom. The quantitative estimate of drug-likeness (QED) is 0.843. The van der Waals surface area contributed by atoms with Crippen molar-refractivity contribution < 1.29 is 9.18 Å². The van der Waals surface area contributed by atoms with Crippen LogP contribution in [0.1, 0.15) is 17.2 Å². The Morgan fingerprint density at radius 1 is 1.21 bits per heavy atom. The zero-order valence-electron chi connectivity index (χ0n) is 13.6. The Hall–Kier alpha value is -1.85. The van der Waals surface area contributed by atoms with Gasteiger partial charge in [0.15, 0.2) is 0 Å². The van der Waals surface area contributed by atoms with Crippen molar-refractivity contribution in [1.29, 1.82) is 0 Å². The third-order valence-electron chi connectivity index (χ3n) is 4.32. The molecule has 0 aromatic heterocycles. The van der Waals surface area contributed by atoms with Crippen LogP contribution in [-0.2, 0) is 4.79 Å². The predicted octanol–water partition coefficient (Wildman–Crippen LogP) is 3.48. The van der Waals surface area contributed by atoms with Gasteiger partial charge in [0.25, 0.3) is 0 Å². The lowest BCUT2D eigenvalue weighted by atomic mass is 10.1. The lowest BCUT2D eigenvalue weighted by Crippen LogP contribution is -2.40. The second-order valence-corrected chi connectivity index (χ2v) is 7.14. The molecule has 1 aliphatic heterocycles. The van der Waals surface area contributed by atoms with Crippen LogP contribution in [0.5, 0.6) is 0 Å². The van der Waals surface area contributed by atoms with Crippen molar-refractivity contribution >= 4 is 17.7 Å². The standard InChI is InChI=1S/C19H21FN2OS/c1-22(16-11-12-21-13-16)19(23)18(14-5-3-2-4-6-14)24-17-9-7-15(20)8-10-17/h2-10,16,18,21H,11-13H2,1H3. The molecule has 3 nitrogen and oxygen atoms in total. The fourth-order valence-electron chi connectivity index (χ4n) is 2.87. The maximum absolute atomic E-state index is 13.1. The van der Waals surface area contributed by atoms with Crippen molar-refractivity contribution in [2.24, 2.45) is 0 Å². The van der Waals surface area contributed by atoms with Crippen LogP contribution in [-0.4, -0.2) is 37.0 Å². The van der Waals surface area contributed by atoms with Crippen molar-refractivity contribution in [3.05, 3.63) is 66.0 Å². The van der Waals surface area contributed by atoms with Crippen LogP contribution < -0.4 is 5.32 Å². The molecule has 1 N–H and O–H groups in total. The number of thioether (sulfide) groups is 1. The van der Waals surface area contributed by atoms with E-state index in [0.29, 0.717) is 0 Å². The van der Waals surface area contributed by atoms with Gasteiger partial charge in [-0.15, -0.1) is 11.8 Å². The van der Waals surface area contributed by atoms with Gasteiger partial charge in [-0.2, -0.15) is 0 Å². The summed E-state index contributed by atoms with van der Waals surface area (Å²) in [6.45, 7) is 1.79. The number of carbonyl (C=O) groups is 1. The van der Waals surface area contributed by atoms with Crippen LogP contribution >= 0.6 is 11.8 Å². The molecule has 2 aromatic carbocycles. The zero-order valence-corrected chi connectivity index (χ0v) is 14.4. The molecule has 1 aliphatic rings. The van der Waals surface area contributed by atoms with Gasteiger partial charge in [-0.1, -0.05) is 30.3 Å². The number of likely N-dealkylation sites (N-methyl/N-ethyl adjacent to an activating group) is 1. The Balaban J connectivity index is 1.84. The van der Waals surface area contributed by atoms with Gasteiger partial charge in [-0.05, 0) is 42.8 Å². The van der Waals surface area contributed by atoms with E-state index in [1.165, 1.54) is 23.9 Å². The number of nitrogens with zero attached hydrogens (tertiary/aromatic N) is 1. The molecule has 3 rings (SSSR count). The first-order valence-corrected chi connectivity index (χ1v) is 8.97. The van der Waals surface area contributed by atoms with E-state index in [0.717, 1.165) is 30.0 Å². The number of benzene rings is 2. The highest BCUT2D eigenvalue weighted by atomic mass is 32.2. The first kappa shape index (κ1) is 17.0. The Kier molecular flexibility index (Phi) is 5.53. The van der Waals surface area contributed by atoms with Crippen molar-refractivity contribution in [3.8, 4) is 0 Å². The molecule has 1 amide bonds. The molecule has 126 valence electrons. The third-order valence-corrected chi connectivity index (χ3v) is 5.58. The second kappa shape index (κ2) is 7.81. The largest absolute Gasteiger partial charge is 0.340 e. The molecule has 0 spiro atoms. The SMILES string of the molecule is CN(C(=O)C(Sc1ccc(F)cc1)c1ccccc1)C1CCNC1. The van der Waals surface area contributed by atoms with Gasteiger partial charge >= 0.3 is 0 Å². The molecule has 2 atom stereocenters. The van der Waals surface area contributed by atoms with E-state index < -0.39 is 0 Å². The molecular formula is C19H21FN2OS. The average Bonchev–Trinajstić information content (AvgIpc) is 3.15. The van der Waals surface area contributed by atoms with Crippen molar-refractivity contribution in [2.75, 3.05) is 20.1 Å². The molecule has 0 radical (unpaired) electrons. The molecule has 2 unspecified atom stereocenters. The summed E-state index contributed by atoms with van der Waals surface area (Å²) in [7, 11) is 1.88. The van der Waals surface area contributed by atoms with E-state index >= 15 is 0 Å². The number of nitrogens with one attached hydrogen (secondary N) is 1. The zero-order chi connectivity index (χ0) is 16.9.